The Morgan fingerprint density at radius 3 is 1.32 bits per heavy atom. The molecule has 2 aliphatic rings. The second-order valence-corrected chi connectivity index (χ2v) is 22.9. The van der Waals surface area contributed by atoms with Crippen LogP contribution in [-0.2, 0) is 23.7 Å². The average molecular weight is 1100 g/mol. The van der Waals surface area contributed by atoms with E-state index < -0.39 is 86.8 Å². The molecule has 2 saturated heterocycles. The molecule has 2 heterocycles. The largest absolute Gasteiger partial charge is 0.394 e. The van der Waals surface area contributed by atoms with E-state index in [1.807, 2.05) is 0 Å². The third kappa shape index (κ3) is 34.5. The van der Waals surface area contributed by atoms with Crippen LogP contribution in [0.5, 0.6) is 0 Å². The topological polar surface area (TPSA) is 228 Å². The Balaban J connectivity index is 1.68. The first kappa shape index (κ1) is 71.6. The van der Waals surface area contributed by atoms with E-state index in [1.165, 1.54) is 173 Å². The van der Waals surface area contributed by atoms with Crippen molar-refractivity contribution in [2.45, 2.75) is 351 Å². The summed E-state index contributed by atoms with van der Waals surface area (Å²) < 4.78 is 22.9. The highest BCUT2D eigenvalue weighted by Crippen LogP contribution is 2.30. The van der Waals surface area contributed by atoms with Crippen LogP contribution in [0.15, 0.2) is 24.3 Å². The lowest BCUT2D eigenvalue weighted by molar-refractivity contribution is -0.359. The van der Waals surface area contributed by atoms with Crippen LogP contribution >= 0.6 is 0 Å². The highest BCUT2D eigenvalue weighted by molar-refractivity contribution is 5.76. The Morgan fingerprint density at radius 2 is 0.857 bits per heavy atom. The highest BCUT2D eigenvalue weighted by atomic mass is 16.7. The summed E-state index contributed by atoms with van der Waals surface area (Å²) in [6, 6.07) is -0.835. The Hall–Kier alpha value is -1.53. The van der Waals surface area contributed by atoms with Gasteiger partial charge in [-0.2, -0.15) is 0 Å². The predicted molar refractivity (Wildman–Crippen MR) is 309 cm³/mol. The van der Waals surface area contributed by atoms with Gasteiger partial charge in [-0.05, 0) is 44.9 Å². The van der Waals surface area contributed by atoms with Crippen molar-refractivity contribution in [2.24, 2.45) is 0 Å². The van der Waals surface area contributed by atoms with E-state index in [1.54, 1.807) is 0 Å². The molecule has 0 spiro atoms. The first-order valence-corrected chi connectivity index (χ1v) is 32.1. The Morgan fingerprint density at radius 1 is 0.468 bits per heavy atom. The zero-order valence-electron chi connectivity index (χ0n) is 49.0. The Kier molecular flexibility index (Phi) is 45.7. The minimum atomic E-state index is -1.78. The van der Waals surface area contributed by atoms with Crippen molar-refractivity contribution in [3.63, 3.8) is 0 Å². The molecule has 454 valence electrons. The standard InChI is InChI=1S/C63H119NO13/c1-3-5-7-9-11-13-15-17-19-20-21-22-23-24-25-26-27-28-29-30-31-33-34-36-38-40-42-44-46-52(67)51(64-55(68)47-45-43-41-39-37-35-32-18-16-14-12-10-8-6-4-2)50-74-62-60(73)58(71)61(54(49-66)76-62)77-63-59(72)57(70)56(69)53(48-65)75-63/h12,14,18,32,51-54,56-63,65-67,69-73H,3-11,13,15-17,19-31,33-50H2,1-2H3,(H,64,68)/b14-12-,32-18-. The van der Waals surface area contributed by atoms with Gasteiger partial charge in [0.05, 0.1) is 32.0 Å². The fourth-order valence-electron chi connectivity index (χ4n) is 10.7. The summed E-state index contributed by atoms with van der Waals surface area (Å²) in [5, 5.41) is 87.3. The van der Waals surface area contributed by atoms with Gasteiger partial charge < -0.3 is 65.1 Å². The number of nitrogens with one attached hydrogen (secondary N) is 1. The quantitative estimate of drug-likeness (QED) is 0.0204. The second kappa shape index (κ2) is 49.1. The van der Waals surface area contributed by atoms with Gasteiger partial charge in [-0.25, -0.2) is 0 Å². The molecule has 12 unspecified atom stereocenters. The molecule has 1 amide bonds. The van der Waals surface area contributed by atoms with Gasteiger partial charge >= 0.3 is 0 Å². The number of hydrogen-bond donors (Lipinski definition) is 9. The number of hydrogen-bond acceptors (Lipinski definition) is 13. The van der Waals surface area contributed by atoms with Crippen LogP contribution in [-0.4, -0.2) is 140 Å². The van der Waals surface area contributed by atoms with Crippen LogP contribution in [0.4, 0.5) is 0 Å². The van der Waals surface area contributed by atoms with Crippen molar-refractivity contribution in [2.75, 3.05) is 19.8 Å². The molecule has 12 atom stereocenters. The first-order valence-electron chi connectivity index (χ1n) is 32.1. The summed E-state index contributed by atoms with van der Waals surface area (Å²) in [6.45, 7) is 2.85. The van der Waals surface area contributed by atoms with Crippen molar-refractivity contribution in [3.05, 3.63) is 24.3 Å². The summed E-state index contributed by atoms with van der Waals surface area (Å²) in [7, 11) is 0. The number of aliphatic hydroxyl groups is 8. The van der Waals surface area contributed by atoms with Crippen molar-refractivity contribution in [3.8, 4) is 0 Å². The van der Waals surface area contributed by atoms with E-state index in [2.05, 4.69) is 43.5 Å². The van der Waals surface area contributed by atoms with Crippen molar-refractivity contribution < 1.29 is 64.6 Å². The Bertz CT molecular complexity index is 1390. The smallest absolute Gasteiger partial charge is 0.220 e. The molecule has 0 radical (unpaired) electrons. The molecule has 0 aliphatic carbocycles. The van der Waals surface area contributed by atoms with E-state index >= 15 is 0 Å². The minimum Gasteiger partial charge on any atom is -0.394 e. The number of rotatable bonds is 52. The zero-order chi connectivity index (χ0) is 56.0. The summed E-state index contributed by atoms with van der Waals surface area (Å²) in [4.78, 5) is 13.3. The van der Waals surface area contributed by atoms with Crippen LogP contribution in [0.2, 0.25) is 0 Å². The molecule has 2 rings (SSSR count). The van der Waals surface area contributed by atoms with Crippen molar-refractivity contribution in [1.29, 1.82) is 0 Å². The molecule has 0 aromatic rings. The molecular formula is C63H119NO13. The summed E-state index contributed by atoms with van der Waals surface area (Å²) in [6.07, 6.45) is 41.9. The second-order valence-electron chi connectivity index (χ2n) is 22.9. The lowest BCUT2D eigenvalue weighted by atomic mass is 9.97. The highest BCUT2D eigenvalue weighted by Gasteiger charge is 2.51. The molecular weight excluding hydrogens is 979 g/mol. The van der Waals surface area contributed by atoms with Gasteiger partial charge in [-0.15, -0.1) is 0 Å². The van der Waals surface area contributed by atoms with E-state index in [0.717, 1.165) is 70.6 Å². The number of ether oxygens (including phenoxy) is 4. The molecule has 9 N–H and O–H groups in total. The first-order chi connectivity index (χ1) is 37.6. The molecule has 2 aliphatic heterocycles. The monoisotopic (exact) mass is 1100 g/mol. The number of amides is 1. The lowest BCUT2D eigenvalue weighted by Crippen LogP contribution is -2.65. The number of allylic oxidation sites excluding steroid dienone is 4. The lowest BCUT2D eigenvalue weighted by Gasteiger charge is -2.46. The van der Waals surface area contributed by atoms with Crippen LogP contribution in [0, 0.1) is 0 Å². The molecule has 14 heteroatoms. The van der Waals surface area contributed by atoms with Crippen LogP contribution in [0.25, 0.3) is 0 Å². The van der Waals surface area contributed by atoms with Gasteiger partial charge in [0, 0.05) is 6.42 Å². The van der Waals surface area contributed by atoms with E-state index in [4.69, 9.17) is 18.9 Å². The maximum atomic E-state index is 13.3. The number of carbonyl (C=O) groups excluding carboxylic acids is 1. The van der Waals surface area contributed by atoms with Crippen LogP contribution < -0.4 is 5.32 Å². The van der Waals surface area contributed by atoms with E-state index in [-0.39, 0.29) is 18.9 Å². The molecule has 14 nitrogen and oxygen atoms in total. The maximum Gasteiger partial charge on any atom is 0.220 e. The number of aliphatic hydroxyl groups excluding tert-OH is 8. The van der Waals surface area contributed by atoms with E-state index in [0.29, 0.717) is 12.8 Å². The molecule has 2 fully saturated rings. The SMILES string of the molecule is CCCCC/C=C\C/C=C\CCCCCCCC(=O)NC(COC1OC(CO)C(OC2OC(CO)C(O)C(O)C2O)C(O)C1O)C(O)CCCCCCCCCCCCCCCCCCCCCCCCCCCCCC. The number of carbonyl (C=O) groups is 1. The third-order valence-electron chi connectivity index (χ3n) is 15.9. The maximum absolute atomic E-state index is 13.3. The summed E-state index contributed by atoms with van der Waals surface area (Å²) >= 11 is 0. The van der Waals surface area contributed by atoms with Crippen molar-refractivity contribution in [1.82, 2.24) is 5.32 Å². The predicted octanol–water partition coefficient (Wildman–Crippen LogP) is 11.6. The Labute approximate surface area is 468 Å². The normalized spacial score (nSPS) is 24.8. The van der Waals surface area contributed by atoms with E-state index in [9.17, 15) is 45.6 Å². The molecule has 0 aromatic heterocycles. The fraction of sp³-hybridized carbons (Fsp3) is 0.921. The zero-order valence-corrected chi connectivity index (χ0v) is 49.0. The minimum absolute atomic E-state index is 0.217. The van der Waals surface area contributed by atoms with Gasteiger partial charge in [0.1, 0.15) is 48.8 Å². The fourth-order valence-corrected chi connectivity index (χ4v) is 10.7. The summed E-state index contributed by atoms with van der Waals surface area (Å²) in [5.41, 5.74) is 0. The third-order valence-corrected chi connectivity index (χ3v) is 15.9. The van der Waals surface area contributed by atoms with Gasteiger partial charge in [0.25, 0.3) is 0 Å². The van der Waals surface area contributed by atoms with Gasteiger partial charge in [0.2, 0.25) is 5.91 Å². The van der Waals surface area contributed by atoms with Crippen molar-refractivity contribution >= 4 is 5.91 Å². The summed E-state index contributed by atoms with van der Waals surface area (Å²) in [5.74, 6) is -0.217. The van der Waals surface area contributed by atoms with Gasteiger partial charge in [-0.3, -0.25) is 4.79 Å². The molecule has 0 saturated carbocycles. The van der Waals surface area contributed by atoms with Gasteiger partial charge in [0.15, 0.2) is 12.6 Å². The molecule has 0 bridgehead atoms. The average Bonchev–Trinajstić information content (AvgIpc) is 3.44. The van der Waals surface area contributed by atoms with Crippen LogP contribution in [0.1, 0.15) is 277 Å². The molecule has 0 aromatic carbocycles. The van der Waals surface area contributed by atoms with Crippen LogP contribution in [0.3, 0.4) is 0 Å². The number of unbranched alkanes of at least 4 members (excludes halogenated alkanes) is 35. The molecule has 77 heavy (non-hydrogen) atoms. The van der Waals surface area contributed by atoms with Gasteiger partial charge in [-0.1, -0.05) is 250 Å².